The Morgan fingerprint density at radius 2 is 1.76 bits per heavy atom. The van der Waals surface area contributed by atoms with Gasteiger partial charge in [-0.05, 0) is 51.8 Å². The summed E-state index contributed by atoms with van der Waals surface area (Å²) in [6.45, 7) is 6.63. The number of pyridine rings is 1. The Hall–Kier alpha value is -3.60. The number of ether oxygens (including phenoxy) is 1. The zero-order valence-corrected chi connectivity index (χ0v) is 22.5. The highest BCUT2D eigenvalue weighted by Crippen LogP contribution is 2.38. The molecular formula is C26H32N6O4S. The Morgan fingerprint density at radius 1 is 1.08 bits per heavy atom. The summed E-state index contributed by atoms with van der Waals surface area (Å²) in [5, 5.41) is 0.730. The van der Waals surface area contributed by atoms with Gasteiger partial charge in [0.15, 0.2) is 5.03 Å². The summed E-state index contributed by atoms with van der Waals surface area (Å²) in [5.74, 6) is 0.644. The summed E-state index contributed by atoms with van der Waals surface area (Å²) in [4.78, 5) is 28.9. The van der Waals surface area contributed by atoms with Crippen molar-refractivity contribution in [3.63, 3.8) is 0 Å². The molecule has 1 amide bonds. The smallest absolute Gasteiger partial charge is 0.410 e. The lowest BCUT2D eigenvalue weighted by Crippen LogP contribution is -2.42. The average molecular weight is 525 g/mol. The fourth-order valence-electron chi connectivity index (χ4n) is 4.82. The topological polar surface area (TPSA) is 113 Å². The highest BCUT2D eigenvalue weighted by molar-refractivity contribution is 7.91. The van der Waals surface area contributed by atoms with Crippen LogP contribution in [0.15, 0.2) is 52.5 Å². The van der Waals surface area contributed by atoms with Crippen LogP contribution in [0.4, 0.5) is 10.7 Å². The first-order valence-corrected chi connectivity index (χ1v) is 13.8. The second-order valence-corrected chi connectivity index (χ2v) is 12.4. The van der Waals surface area contributed by atoms with Crippen molar-refractivity contribution in [3.8, 4) is 0 Å². The van der Waals surface area contributed by atoms with Gasteiger partial charge in [0.2, 0.25) is 15.8 Å². The van der Waals surface area contributed by atoms with E-state index < -0.39 is 15.4 Å². The molecule has 0 unspecified atom stereocenters. The number of anilines is 1. The molecule has 1 aliphatic heterocycles. The number of benzene rings is 1. The maximum atomic E-state index is 13.7. The SMILES string of the molecule is CN(C)c1nc2c(S(=O)(=O)c3ccccc3)nc3[nH]ccc3c2n1C1CCN(C(=O)OC(C)(C)C)CC1. The second-order valence-electron chi connectivity index (χ2n) is 10.5. The molecule has 1 N–H and O–H groups in total. The first-order valence-electron chi connectivity index (χ1n) is 12.3. The van der Waals surface area contributed by atoms with Crippen LogP contribution in [0.1, 0.15) is 39.7 Å². The summed E-state index contributed by atoms with van der Waals surface area (Å²) < 4.78 is 35.1. The number of imidazole rings is 1. The predicted octanol–water partition coefficient (Wildman–Crippen LogP) is 4.38. The zero-order chi connectivity index (χ0) is 26.5. The van der Waals surface area contributed by atoms with E-state index in [-0.39, 0.29) is 22.1 Å². The lowest BCUT2D eigenvalue weighted by molar-refractivity contribution is 0.0190. The number of sulfone groups is 1. The number of hydrogen-bond acceptors (Lipinski definition) is 7. The van der Waals surface area contributed by atoms with Gasteiger partial charge in [-0.2, -0.15) is 0 Å². The molecule has 5 rings (SSSR count). The number of nitrogens with one attached hydrogen (secondary N) is 1. The van der Waals surface area contributed by atoms with Crippen molar-refractivity contribution in [2.75, 3.05) is 32.1 Å². The highest BCUT2D eigenvalue weighted by atomic mass is 32.2. The van der Waals surface area contributed by atoms with E-state index in [4.69, 9.17) is 9.72 Å². The number of H-pyrrole nitrogens is 1. The van der Waals surface area contributed by atoms with Gasteiger partial charge >= 0.3 is 6.09 Å². The molecule has 10 nitrogen and oxygen atoms in total. The van der Waals surface area contributed by atoms with E-state index in [1.807, 2.05) is 45.8 Å². The fourth-order valence-corrected chi connectivity index (χ4v) is 6.17. The number of rotatable bonds is 4. The molecule has 0 radical (unpaired) electrons. The Morgan fingerprint density at radius 3 is 2.38 bits per heavy atom. The van der Waals surface area contributed by atoms with E-state index in [1.165, 1.54) is 0 Å². The Labute approximate surface area is 216 Å². The van der Waals surface area contributed by atoms with Crippen molar-refractivity contribution in [2.24, 2.45) is 0 Å². The van der Waals surface area contributed by atoms with E-state index in [0.29, 0.717) is 43.0 Å². The number of hydrogen-bond donors (Lipinski definition) is 1. The number of piperidine rings is 1. The lowest BCUT2D eigenvalue weighted by Gasteiger charge is -2.35. The maximum absolute atomic E-state index is 13.7. The Kier molecular flexibility index (Phi) is 6.13. The fraction of sp³-hybridized carbons (Fsp3) is 0.423. The minimum Gasteiger partial charge on any atom is -0.444 e. The van der Waals surface area contributed by atoms with Gasteiger partial charge in [0, 0.05) is 44.8 Å². The molecule has 1 aliphatic rings. The van der Waals surface area contributed by atoms with Crippen LogP contribution < -0.4 is 4.90 Å². The number of aromatic amines is 1. The monoisotopic (exact) mass is 524 g/mol. The molecule has 0 aliphatic carbocycles. The van der Waals surface area contributed by atoms with Crippen molar-refractivity contribution in [1.29, 1.82) is 0 Å². The third-order valence-electron chi connectivity index (χ3n) is 6.48. The van der Waals surface area contributed by atoms with Crippen LogP contribution in [0, 0.1) is 0 Å². The molecule has 3 aromatic heterocycles. The van der Waals surface area contributed by atoms with Crippen LogP contribution in [-0.4, -0.2) is 71.7 Å². The second kappa shape index (κ2) is 9.05. The molecule has 37 heavy (non-hydrogen) atoms. The van der Waals surface area contributed by atoms with E-state index in [9.17, 15) is 13.2 Å². The van der Waals surface area contributed by atoms with Crippen molar-refractivity contribution < 1.29 is 17.9 Å². The summed E-state index contributed by atoms with van der Waals surface area (Å²) in [6, 6.07) is 10.2. The highest BCUT2D eigenvalue weighted by Gasteiger charge is 2.33. The molecule has 0 atom stereocenters. The number of carbonyl (C=O) groups is 1. The van der Waals surface area contributed by atoms with Gasteiger partial charge in [-0.15, -0.1) is 0 Å². The normalized spacial score (nSPS) is 15.4. The van der Waals surface area contributed by atoms with Crippen molar-refractivity contribution in [3.05, 3.63) is 42.6 Å². The molecular weight excluding hydrogens is 492 g/mol. The van der Waals surface area contributed by atoms with Crippen molar-refractivity contribution in [1.82, 2.24) is 24.4 Å². The van der Waals surface area contributed by atoms with E-state index in [1.54, 1.807) is 41.4 Å². The summed E-state index contributed by atoms with van der Waals surface area (Å²) in [7, 11) is -0.148. The van der Waals surface area contributed by atoms with Crippen LogP contribution in [0.25, 0.3) is 22.1 Å². The molecule has 0 saturated carbocycles. The number of likely N-dealkylation sites (tertiary alicyclic amines) is 1. The van der Waals surface area contributed by atoms with Gasteiger partial charge in [-0.3, -0.25) is 0 Å². The van der Waals surface area contributed by atoms with Crippen LogP contribution >= 0.6 is 0 Å². The standard InChI is InChI=1S/C26H32N6O4S/c1-26(2,3)36-25(33)31-15-12-17(13-16-31)32-21-19-11-14-27-22(19)29-23(20(21)28-24(32)30(4)5)37(34,35)18-9-7-6-8-10-18/h6-11,14,17H,12-13,15-16H2,1-5H3,(H,27,29). The zero-order valence-electron chi connectivity index (χ0n) is 21.7. The molecule has 1 saturated heterocycles. The first kappa shape index (κ1) is 25.1. The number of nitrogens with zero attached hydrogens (tertiary/aromatic N) is 5. The largest absolute Gasteiger partial charge is 0.444 e. The van der Waals surface area contributed by atoms with Gasteiger partial charge in [-0.1, -0.05) is 18.2 Å². The maximum Gasteiger partial charge on any atom is 0.410 e. The van der Waals surface area contributed by atoms with Crippen molar-refractivity contribution >= 4 is 43.9 Å². The van der Waals surface area contributed by atoms with Crippen molar-refractivity contribution in [2.45, 2.75) is 55.2 Å². The Bertz CT molecular complexity index is 1560. The molecule has 1 fully saturated rings. The summed E-state index contributed by atoms with van der Waals surface area (Å²) in [6.07, 6.45) is 2.80. The minimum absolute atomic E-state index is 0.00821. The van der Waals surface area contributed by atoms with Crippen LogP contribution in [0.5, 0.6) is 0 Å². The molecule has 11 heteroatoms. The predicted molar refractivity (Wildman–Crippen MR) is 142 cm³/mol. The summed E-state index contributed by atoms with van der Waals surface area (Å²) >= 11 is 0. The first-order chi connectivity index (χ1) is 17.5. The minimum atomic E-state index is -3.93. The van der Waals surface area contributed by atoms with Gasteiger partial charge in [0.05, 0.1) is 10.4 Å². The number of amides is 1. The molecule has 4 heterocycles. The number of carbonyl (C=O) groups excluding carboxylic acids is 1. The van der Waals surface area contributed by atoms with Gasteiger partial charge in [-0.25, -0.2) is 23.2 Å². The summed E-state index contributed by atoms with van der Waals surface area (Å²) in [5.41, 5.74) is 0.995. The van der Waals surface area contributed by atoms with Crippen LogP contribution in [0.3, 0.4) is 0 Å². The van der Waals surface area contributed by atoms with Crippen LogP contribution in [-0.2, 0) is 14.6 Å². The molecule has 0 spiro atoms. The number of fused-ring (bicyclic) bond motifs is 3. The van der Waals surface area contributed by atoms with Gasteiger partial charge in [0.25, 0.3) is 0 Å². The quantitative estimate of drug-likeness (QED) is 0.421. The molecule has 1 aromatic carbocycles. The average Bonchev–Trinajstić information content (AvgIpc) is 3.47. The third-order valence-corrected chi connectivity index (χ3v) is 8.16. The Balaban J connectivity index is 1.63. The van der Waals surface area contributed by atoms with E-state index in [2.05, 4.69) is 14.5 Å². The third kappa shape index (κ3) is 4.52. The van der Waals surface area contributed by atoms with Crippen LogP contribution in [0.2, 0.25) is 0 Å². The molecule has 0 bridgehead atoms. The number of aromatic nitrogens is 4. The van der Waals surface area contributed by atoms with E-state index >= 15 is 0 Å². The molecule has 4 aromatic rings. The van der Waals surface area contributed by atoms with Gasteiger partial charge < -0.3 is 24.1 Å². The lowest BCUT2D eigenvalue weighted by atomic mass is 10.0. The van der Waals surface area contributed by atoms with Gasteiger partial charge in [0.1, 0.15) is 16.8 Å². The van der Waals surface area contributed by atoms with E-state index in [0.717, 1.165) is 10.9 Å². The molecule has 196 valence electrons.